The van der Waals surface area contributed by atoms with Gasteiger partial charge in [-0.05, 0) is 36.5 Å². The molecular formula is C19H22N2O. The molecule has 22 heavy (non-hydrogen) atoms. The first-order valence-electron chi connectivity index (χ1n) is 7.84. The van der Waals surface area contributed by atoms with Crippen LogP contribution < -0.4 is 10.2 Å². The van der Waals surface area contributed by atoms with Crippen molar-refractivity contribution in [3.8, 4) is 0 Å². The van der Waals surface area contributed by atoms with Crippen LogP contribution in [0.4, 0.5) is 5.69 Å². The van der Waals surface area contributed by atoms with E-state index >= 15 is 0 Å². The lowest BCUT2D eigenvalue weighted by Gasteiger charge is -2.23. The maximum atomic E-state index is 12.4. The number of para-hydroxylation sites is 1. The Balaban J connectivity index is 1.62. The van der Waals surface area contributed by atoms with Gasteiger partial charge in [-0.15, -0.1) is 0 Å². The second kappa shape index (κ2) is 6.65. The fourth-order valence-corrected chi connectivity index (χ4v) is 2.77. The van der Waals surface area contributed by atoms with Crippen LogP contribution in [0.3, 0.4) is 0 Å². The smallest absolute Gasteiger partial charge is 0.239 e. The lowest BCUT2D eigenvalue weighted by atomic mass is 10.0. The molecule has 1 aliphatic carbocycles. The average Bonchev–Trinajstić information content (AvgIpc) is 3.39. The van der Waals surface area contributed by atoms with Crippen molar-refractivity contribution >= 4 is 11.6 Å². The zero-order valence-electron chi connectivity index (χ0n) is 12.9. The highest BCUT2D eigenvalue weighted by atomic mass is 16.2. The summed E-state index contributed by atoms with van der Waals surface area (Å²) in [5.74, 6) is 0.667. The molecule has 1 atom stereocenters. The van der Waals surface area contributed by atoms with Crippen LogP contribution in [0, 0.1) is 5.92 Å². The van der Waals surface area contributed by atoms with Gasteiger partial charge in [-0.1, -0.05) is 48.5 Å². The fourth-order valence-electron chi connectivity index (χ4n) is 2.77. The summed E-state index contributed by atoms with van der Waals surface area (Å²) in [6.07, 6.45) is 2.41. The minimum absolute atomic E-state index is 0.0760. The largest absolute Gasteiger partial charge is 0.365 e. The Labute approximate surface area is 132 Å². The lowest BCUT2D eigenvalue weighted by Crippen LogP contribution is -2.38. The van der Waals surface area contributed by atoms with Crippen LogP contribution in [-0.4, -0.2) is 19.5 Å². The van der Waals surface area contributed by atoms with Gasteiger partial charge in [0.2, 0.25) is 5.91 Å². The quantitative estimate of drug-likeness (QED) is 0.885. The van der Waals surface area contributed by atoms with E-state index in [1.165, 1.54) is 18.4 Å². The highest BCUT2D eigenvalue weighted by molar-refractivity contribution is 5.81. The molecule has 1 unspecified atom stereocenters. The summed E-state index contributed by atoms with van der Waals surface area (Å²) in [5.41, 5.74) is 2.26. The molecule has 0 spiro atoms. The molecule has 0 radical (unpaired) electrons. The summed E-state index contributed by atoms with van der Waals surface area (Å²) >= 11 is 0. The number of anilines is 1. The van der Waals surface area contributed by atoms with Gasteiger partial charge in [0.25, 0.3) is 0 Å². The minimum Gasteiger partial charge on any atom is -0.365 e. The monoisotopic (exact) mass is 294 g/mol. The van der Waals surface area contributed by atoms with Crippen molar-refractivity contribution < 1.29 is 4.79 Å². The number of nitrogens with zero attached hydrogens (tertiary/aromatic N) is 1. The molecule has 1 saturated carbocycles. The predicted molar refractivity (Wildman–Crippen MR) is 89.8 cm³/mol. The van der Waals surface area contributed by atoms with Gasteiger partial charge >= 0.3 is 0 Å². The number of carbonyl (C=O) groups excluding carboxylic acids is 1. The molecule has 114 valence electrons. The number of likely N-dealkylation sites (N-methyl/N-ethyl adjacent to an activating group) is 1. The molecule has 2 aromatic rings. The molecule has 1 amide bonds. The van der Waals surface area contributed by atoms with Crippen molar-refractivity contribution in [1.82, 2.24) is 5.32 Å². The molecule has 3 heteroatoms. The van der Waals surface area contributed by atoms with E-state index in [-0.39, 0.29) is 11.9 Å². The van der Waals surface area contributed by atoms with Crippen LogP contribution in [0.5, 0.6) is 0 Å². The van der Waals surface area contributed by atoms with Crippen LogP contribution in [-0.2, 0) is 4.79 Å². The first-order chi connectivity index (χ1) is 10.7. The number of nitrogens with one attached hydrogen (secondary N) is 1. The molecule has 0 saturated heterocycles. The maximum absolute atomic E-state index is 12.4. The van der Waals surface area contributed by atoms with Crippen LogP contribution in [0.25, 0.3) is 0 Å². The zero-order chi connectivity index (χ0) is 15.4. The molecule has 2 aromatic carbocycles. The van der Waals surface area contributed by atoms with E-state index in [4.69, 9.17) is 0 Å². The highest BCUT2D eigenvalue weighted by Gasteiger charge is 2.33. The van der Waals surface area contributed by atoms with Gasteiger partial charge in [-0.25, -0.2) is 0 Å². The fraction of sp³-hybridized carbons (Fsp3) is 0.316. The second-order valence-corrected chi connectivity index (χ2v) is 5.98. The molecule has 0 bridgehead atoms. The Morgan fingerprint density at radius 3 is 2.27 bits per heavy atom. The first kappa shape index (κ1) is 14.6. The zero-order valence-corrected chi connectivity index (χ0v) is 12.9. The van der Waals surface area contributed by atoms with Crippen LogP contribution in [0.2, 0.25) is 0 Å². The average molecular weight is 294 g/mol. The van der Waals surface area contributed by atoms with Crippen LogP contribution in [0.1, 0.15) is 24.4 Å². The SMILES string of the molecule is CN(CC(=O)NC(c1ccccc1)C1CC1)c1ccccc1. The minimum atomic E-state index is 0.0760. The van der Waals surface area contributed by atoms with E-state index in [2.05, 4.69) is 17.4 Å². The Bertz CT molecular complexity index is 608. The molecule has 1 aliphatic rings. The van der Waals surface area contributed by atoms with Crippen molar-refractivity contribution in [3.63, 3.8) is 0 Å². The van der Waals surface area contributed by atoms with E-state index in [9.17, 15) is 4.79 Å². The van der Waals surface area contributed by atoms with E-state index in [1.807, 2.05) is 60.5 Å². The molecule has 0 aliphatic heterocycles. The normalized spacial score (nSPS) is 15.1. The molecule has 3 nitrogen and oxygen atoms in total. The van der Waals surface area contributed by atoms with E-state index in [0.717, 1.165) is 5.69 Å². The molecule has 0 heterocycles. The van der Waals surface area contributed by atoms with Crippen molar-refractivity contribution in [1.29, 1.82) is 0 Å². The summed E-state index contributed by atoms with van der Waals surface area (Å²) in [6, 6.07) is 20.4. The topological polar surface area (TPSA) is 32.3 Å². The third-order valence-corrected chi connectivity index (χ3v) is 4.15. The summed E-state index contributed by atoms with van der Waals surface area (Å²) in [5, 5.41) is 3.22. The summed E-state index contributed by atoms with van der Waals surface area (Å²) < 4.78 is 0. The van der Waals surface area contributed by atoms with Crippen molar-refractivity contribution in [2.75, 3.05) is 18.5 Å². The third kappa shape index (κ3) is 3.67. The number of hydrogen-bond donors (Lipinski definition) is 1. The third-order valence-electron chi connectivity index (χ3n) is 4.15. The number of benzene rings is 2. The number of rotatable bonds is 6. The van der Waals surface area contributed by atoms with Gasteiger partial charge in [0.15, 0.2) is 0 Å². The van der Waals surface area contributed by atoms with Gasteiger partial charge in [0.05, 0.1) is 12.6 Å². The Kier molecular flexibility index (Phi) is 4.42. The van der Waals surface area contributed by atoms with Crippen molar-refractivity contribution in [2.24, 2.45) is 5.92 Å². The van der Waals surface area contributed by atoms with E-state index < -0.39 is 0 Å². The number of amides is 1. The van der Waals surface area contributed by atoms with Gasteiger partial charge in [-0.3, -0.25) is 4.79 Å². The summed E-state index contributed by atoms with van der Waals surface area (Å²) in [6.45, 7) is 0.375. The Morgan fingerprint density at radius 1 is 1.09 bits per heavy atom. The van der Waals surface area contributed by atoms with Crippen molar-refractivity contribution in [3.05, 3.63) is 66.2 Å². The molecule has 1 fully saturated rings. The molecular weight excluding hydrogens is 272 g/mol. The highest BCUT2D eigenvalue weighted by Crippen LogP contribution is 2.40. The number of hydrogen-bond acceptors (Lipinski definition) is 2. The maximum Gasteiger partial charge on any atom is 0.239 e. The Morgan fingerprint density at radius 2 is 1.68 bits per heavy atom. The van der Waals surface area contributed by atoms with Gasteiger partial charge in [0, 0.05) is 12.7 Å². The lowest BCUT2D eigenvalue weighted by molar-refractivity contribution is -0.120. The molecule has 3 rings (SSSR count). The Hall–Kier alpha value is -2.29. The predicted octanol–water partition coefficient (Wildman–Crippen LogP) is 3.39. The van der Waals surface area contributed by atoms with E-state index in [0.29, 0.717) is 12.5 Å². The van der Waals surface area contributed by atoms with E-state index in [1.54, 1.807) is 0 Å². The van der Waals surface area contributed by atoms with Crippen LogP contribution in [0.15, 0.2) is 60.7 Å². The van der Waals surface area contributed by atoms with Crippen LogP contribution >= 0.6 is 0 Å². The molecule has 0 aromatic heterocycles. The van der Waals surface area contributed by atoms with Gasteiger partial charge in [0.1, 0.15) is 0 Å². The summed E-state index contributed by atoms with van der Waals surface area (Å²) in [4.78, 5) is 14.4. The standard InChI is InChI=1S/C19H22N2O/c1-21(17-10-6-3-7-11-17)14-18(22)20-19(16-12-13-16)15-8-4-2-5-9-15/h2-11,16,19H,12-14H2,1H3,(H,20,22). The molecule has 1 N–H and O–H groups in total. The second-order valence-electron chi connectivity index (χ2n) is 5.98. The summed E-state index contributed by atoms with van der Waals surface area (Å²) in [7, 11) is 1.95. The first-order valence-corrected chi connectivity index (χ1v) is 7.84. The van der Waals surface area contributed by atoms with Gasteiger partial charge in [-0.2, -0.15) is 0 Å². The van der Waals surface area contributed by atoms with Crippen molar-refractivity contribution in [2.45, 2.75) is 18.9 Å². The van der Waals surface area contributed by atoms with Gasteiger partial charge < -0.3 is 10.2 Å². The number of carbonyl (C=O) groups is 1.